The van der Waals surface area contributed by atoms with E-state index >= 15 is 0 Å². The van der Waals surface area contributed by atoms with E-state index < -0.39 is 6.10 Å². The first-order valence-corrected chi connectivity index (χ1v) is 7.45. The summed E-state index contributed by atoms with van der Waals surface area (Å²) in [5, 5.41) is 18.5. The molecule has 1 aromatic carbocycles. The van der Waals surface area contributed by atoms with Gasteiger partial charge in [0.05, 0.1) is 11.8 Å². The molecule has 2 rings (SSSR count). The average Bonchev–Trinajstić information content (AvgIpc) is 2.78. The minimum absolute atomic E-state index is 0.0175. The maximum absolute atomic E-state index is 10.3. The Morgan fingerprint density at radius 2 is 2.05 bits per heavy atom. The number of nitrogens with one attached hydrogen (secondary N) is 1. The van der Waals surface area contributed by atoms with Gasteiger partial charge in [-0.2, -0.15) is 0 Å². The third-order valence-corrected chi connectivity index (χ3v) is 4.04. The maximum atomic E-state index is 10.3. The van der Waals surface area contributed by atoms with E-state index in [4.69, 9.17) is 27.7 Å². The molecule has 21 heavy (non-hydrogen) atoms. The van der Waals surface area contributed by atoms with Crippen molar-refractivity contribution in [2.75, 3.05) is 6.54 Å². The predicted octanol–water partition coefficient (Wildman–Crippen LogP) is 3.98. The number of aromatic nitrogens is 1. The van der Waals surface area contributed by atoms with Gasteiger partial charge in [0.2, 0.25) is 0 Å². The van der Waals surface area contributed by atoms with Gasteiger partial charge in [0.15, 0.2) is 0 Å². The molecule has 1 aromatic heterocycles. The molecule has 2 atom stereocenters. The quantitative estimate of drug-likeness (QED) is 0.871. The molecule has 0 bridgehead atoms. The van der Waals surface area contributed by atoms with Gasteiger partial charge in [-0.05, 0) is 39.0 Å². The van der Waals surface area contributed by atoms with Crippen LogP contribution in [-0.4, -0.2) is 16.8 Å². The van der Waals surface area contributed by atoms with Crippen LogP contribution in [0.4, 0.5) is 0 Å². The highest BCUT2D eigenvalue weighted by molar-refractivity contribution is 6.33. The Bertz CT molecular complexity index is 609. The number of aryl methyl sites for hydroxylation is 2. The van der Waals surface area contributed by atoms with Gasteiger partial charge in [0.1, 0.15) is 5.76 Å². The zero-order chi connectivity index (χ0) is 15.6. The van der Waals surface area contributed by atoms with Crippen LogP contribution in [0.5, 0.6) is 0 Å². The van der Waals surface area contributed by atoms with Crippen LogP contribution in [0.2, 0.25) is 10.0 Å². The topological polar surface area (TPSA) is 58.3 Å². The van der Waals surface area contributed by atoms with Crippen molar-refractivity contribution in [1.29, 1.82) is 0 Å². The normalized spacial score (nSPS) is 14.2. The van der Waals surface area contributed by atoms with Gasteiger partial charge in [-0.15, -0.1) is 0 Å². The molecule has 0 saturated carbocycles. The molecule has 0 amide bonds. The van der Waals surface area contributed by atoms with Gasteiger partial charge < -0.3 is 14.9 Å². The van der Waals surface area contributed by atoms with Crippen LogP contribution < -0.4 is 5.32 Å². The number of nitrogens with zero attached hydrogens (tertiary/aromatic N) is 1. The van der Waals surface area contributed by atoms with Crippen LogP contribution in [0, 0.1) is 13.8 Å². The smallest absolute Gasteiger partial charge is 0.138 e. The molecule has 0 spiro atoms. The number of aliphatic hydroxyl groups is 1. The summed E-state index contributed by atoms with van der Waals surface area (Å²) in [7, 11) is 0. The summed E-state index contributed by atoms with van der Waals surface area (Å²) in [6.07, 6.45) is -0.737. The fourth-order valence-electron chi connectivity index (χ4n) is 2.38. The summed E-state index contributed by atoms with van der Waals surface area (Å²) in [6.45, 7) is 6.12. The Morgan fingerprint density at radius 1 is 1.33 bits per heavy atom. The van der Waals surface area contributed by atoms with Crippen molar-refractivity contribution in [3.8, 4) is 0 Å². The zero-order valence-electron chi connectivity index (χ0n) is 12.2. The van der Waals surface area contributed by atoms with Crippen LogP contribution in [0.15, 0.2) is 22.7 Å². The van der Waals surface area contributed by atoms with E-state index in [1.807, 2.05) is 20.8 Å². The summed E-state index contributed by atoms with van der Waals surface area (Å²) < 4.78 is 5.15. The van der Waals surface area contributed by atoms with E-state index in [0.717, 1.165) is 17.0 Å². The first kappa shape index (κ1) is 16.3. The lowest BCUT2D eigenvalue weighted by atomic mass is 10.1. The van der Waals surface area contributed by atoms with Crippen LogP contribution in [-0.2, 0) is 0 Å². The first-order chi connectivity index (χ1) is 9.90. The van der Waals surface area contributed by atoms with Crippen LogP contribution in [0.25, 0.3) is 0 Å². The highest BCUT2D eigenvalue weighted by Gasteiger charge is 2.18. The molecule has 0 aliphatic heterocycles. The van der Waals surface area contributed by atoms with Gasteiger partial charge >= 0.3 is 0 Å². The number of benzene rings is 1. The number of rotatable bonds is 5. The SMILES string of the molecule is Cc1noc(C)c1C(C)NCC(O)c1cc(Cl)ccc1Cl. The van der Waals surface area contributed by atoms with Gasteiger partial charge in [-0.3, -0.25) is 0 Å². The van der Waals surface area contributed by atoms with Crippen molar-refractivity contribution in [1.82, 2.24) is 10.5 Å². The summed E-state index contributed by atoms with van der Waals surface area (Å²) in [6, 6.07) is 5.07. The Labute approximate surface area is 134 Å². The van der Waals surface area contributed by atoms with Crippen molar-refractivity contribution < 1.29 is 9.63 Å². The highest BCUT2D eigenvalue weighted by atomic mass is 35.5. The zero-order valence-corrected chi connectivity index (χ0v) is 13.7. The lowest BCUT2D eigenvalue weighted by Gasteiger charge is -2.18. The Kier molecular flexibility index (Phi) is 5.27. The molecule has 2 N–H and O–H groups in total. The van der Waals surface area contributed by atoms with Crippen LogP contribution >= 0.6 is 23.2 Å². The third-order valence-electron chi connectivity index (χ3n) is 3.46. The van der Waals surface area contributed by atoms with Gasteiger partial charge in [-0.25, -0.2) is 0 Å². The second-order valence-corrected chi connectivity index (χ2v) is 5.89. The van der Waals surface area contributed by atoms with Crippen molar-refractivity contribution in [2.24, 2.45) is 0 Å². The van der Waals surface area contributed by atoms with Crippen LogP contribution in [0.1, 0.15) is 41.7 Å². The molecule has 4 nitrogen and oxygen atoms in total. The van der Waals surface area contributed by atoms with E-state index in [-0.39, 0.29) is 6.04 Å². The Hall–Kier alpha value is -1.07. The van der Waals surface area contributed by atoms with Gasteiger partial charge in [-0.1, -0.05) is 28.4 Å². The number of aliphatic hydroxyl groups excluding tert-OH is 1. The summed E-state index contributed by atoms with van der Waals surface area (Å²) in [5.41, 5.74) is 2.48. The minimum Gasteiger partial charge on any atom is -0.387 e. The standard InChI is InChI=1S/C15H18Cl2N2O2/c1-8(15-9(2)19-21-10(15)3)18-7-14(20)12-6-11(16)4-5-13(12)17/h4-6,8,14,18,20H,7H2,1-3H3. The lowest BCUT2D eigenvalue weighted by molar-refractivity contribution is 0.170. The number of halogens is 2. The third kappa shape index (κ3) is 3.77. The molecule has 1 heterocycles. The second-order valence-electron chi connectivity index (χ2n) is 5.05. The number of hydrogen-bond acceptors (Lipinski definition) is 4. The molecule has 0 aliphatic carbocycles. The van der Waals surface area contributed by atoms with E-state index in [0.29, 0.717) is 22.2 Å². The molecular formula is C15H18Cl2N2O2. The molecule has 0 saturated heterocycles. The second kappa shape index (κ2) is 6.79. The average molecular weight is 329 g/mol. The maximum Gasteiger partial charge on any atom is 0.138 e. The highest BCUT2D eigenvalue weighted by Crippen LogP contribution is 2.27. The summed E-state index contributed by atoms with van der Waals surface area (Å²) >= 11 is 12.0. The van der Waals surface area contributed by atoms with E-state index in [1.54, 1.807) is 18.2 Å². The predicted molar refractivity (Wildman–Crippen MR) is 83.8 cm³/mol. The molecule has 114 valence electrons. The lowest BCUT2D eigenvalue weighted by Crippen LogP contribution is -2.25. The van der Waals surface area contributed by atoms with E-state index in [9.17, 15) is 5.11 Å². The molecule has 2 aromatic rings. The summed E-state index contributed by atoms with van der Waals surface area (Å²) in [5.74, 6) is 0.780. The van der Waals surface area contributed by atoms with Crippen LogP contribution in [0.3, 0.4) is 0 Å². The monoisotopic (exact) mass is 328 g/mol. The largest absolute Gasteiger partial charge is 0.387 e. The van der Waals surface area contributed by atoms with E-state index in [2.05, 4.69) is 10.5 Å². The Morgan fingerprint density at radius 3 is 2.67 bits per heavy atom. The van der Waals surface area contributed by atoms with Gasteiger partial charge in [0, 0.05) is 33.8 Å². The minimum atomic E-state index is -0.737. The molecule has 2 unspecified atom stereocenters. The molecule has 0 aliphatic rings. The molecule has 0 radical (unpaired) electrons. The number of hydrogen-bond donors (Lipinski definition) is 2. The fourth-order valence-corrected chi connectivity index (χ4v) is 2.80. The fraction of sp³-hybridized carbons (Fsp3) is 0.400. The van der Waals surface area contributed by atoms with Crippen molar-refractivity contribution in [2.45, 2.75) is 32.9 Å². The molecule has 6 heteroatoms. The first-order valence-electron chi connectivity index (χ1n) is 6.69. The molecular weight excluding hydrogens is 311 g/mol. The summed E-state index contributed by atoms with van der Waals surface area (Å²) in [4.78, 5) is 0. The van der Waals surface area contributed by atoms with Gasteiger partial charge in [0.25, 0.3) is 0 Å². The van der Waals surface area contributed by atoms with Crippen molar-refractivity contribution in [3.63, 3.8) is 0 Å². The van der Waals surface area contributed by atoms with Crippen molar-refractivity contribution in [3.05, 3.63) is 50.8 Å². The van der Waals surface area contributed by atoms with Crippen molar-refractivity contribution >= 4 is 23.2 Å². The van der Waals surface area contributed by atoms with E-state index in [1.165, 1.54) is 0 Å². The molecule has 0 fully saturated rings. The Balaban J connectivity index is 2.04.